The van der Waals surface area contributed by atoms with Crippen LogP contribution in [-0.2, 0) is 21.4 Å². The Balaban J connectivity index is 1.35. The highest BCUT2D eigenvalue weighted by molar-refractivity contribution is 7.89. The summed E-state index contributed by atoms with van der Waals surface area (Å²) >= 11 is 0. The maximum absolute atomic E-state index is 13.1. The van der Waals surface area contributed by atoms with Gasteiger partial charge in [-0.1, -0.05) is 35.5 Å². The minimum absolute atomic E-state index is 0.0437. The van der Waals surface area contributed by atoms with Crippen LogP contribution in [0, 0.1) is 5.82 Å². The molecule has 1 aliphatic rings. The number of carbonyl (C=O) groups is 1. The first-order valence-corrected chi connectivity index (χ1v) is 12.0. The van der Waals surface area contributed by atoms with Crippen molar-refractivity contribution in [1.82, 2.24) is 24.2 Å². The molecule has 4 rings (SSSR count). The molecule has 10 heteroatoms. The second kappa shape index (κ2) is 10.1. The van der Waals surface area contributed by atoms with Crippen LogP contribution in [0.15, 0.2) is 71.8 Å². The molecule has 33 heavy (non-hydrogen) atoms. The number of nitrogens with zero attached hydrogens (tertiary/aromatic N) is 5. The van der Waals surface area contributed by atoms with Crippen LogP contribution in [0.4, 0.5) is 4.39 Å². The van der Waals surface area contributed by atoms with Gasteiger partial charge in [0.15, 0.2) is 0 Å². The molecule has 1 aliphatic heterocycles. The molecule has 0 radical (unpaired) electrons. The van der Waals surface area contributed by atoms with Crippen LogP contribution in [0.3, 0.4) is 0 Å². The predicted octanol–water partition coefficient (Wildman–Crippen LogP) is 2.40. The molecule has 172 valence electrons. The summed E-state index contributed by atoms with van der Waals surface area (Å²) in [5, 5.41) is 8.16. The summed E-state index contributed by atoms with van der Waals surface area (Å²) in [6.45, 7) is 1.76. The molecule has 1 fully saturated rings. The van der Waals surface area contributed by atoms with Crippen molar-refractivity contribution in [3.8, 4) is 0 Å². The molecule has 0 atom stereocenters. The van der Waals surface area contributed by atoms with E-state index in [4.69, 9.17) is 0 Å². The molecule has 0 spiro atoms. The smallest absolute Gasteiger partial charge is 0.246 e. The molecular formula is C23H24FN5O3S. The van der Waals surface area contributed by atoms with Crippen LogP contribution in [0.1, 0.15) is 17.7 Å². The van der Waals surface area contributed by atoms with Gasteiger partial charge in [0.25, 0.3) is 0 Å². The summed E-state index contributed by atoms with van der Waals surface area (Å²) in [5.41, 5.74) is 1.66. The molecule has 0 N–H and O–H groups in total. The summed E-state index contributed by atoms with van der Waals surface area (Å²) < 4.78 is 41.9. The molecule has 0 aliphatic carbocycles. The fourth-order valence-corrected chi connectivity index (χ4v) is 5.08. The number of aromatic nitrogens is 3. The average molecular weight is 470 g/mol. The number of rotatable bonds is 6. The van der Waals surface area contributed by atoms with Gasteiger partial charge in [-0.15, -0.1) is 5.10 Å². The number of sulfonamides is 1. The number of halogens is 1. The van der Waals surface area contributed by atoms with E-state index in [-0.39, 0.29) is 23.9 Å². The minimum atomic E-state index is -3.74. The zero-order chi connectivity index (χ0) is 23.3. The van der Waals surface area contributed by atoms with E-state index in [0.717, 1.165) is 17.7 Å². The van der Waals surface area contributed by atoms with E-state index in [2.05, 4.69) is 10.3 Å². The predicted molar refractivity (Wildman–Crippen MR) is 121 cm³/mol. The molecular weight excluding hydrogens is 445 g/mol. The SMILES string of the molecule is O=C(/C=C/c1cn(Cc2ccccc2)nn1)N1CCCN(S(=O)(=O)c2ccc(F)cc2)CC1. The van der Waals surface area contributed by atoms with Crippen LogP contribution >= 0.6 is 0 Å². The fraction of sp³-hybridized carbons (Fsp3) is 0.261. The Labute approximate surface area is 192 Å². The third-order valence-electron chi connectivity index (χ3n) is 5.36. The number of amides is 1. The molecule has 2 heterocycles. The topological polar surface area (TPSA) is 88.4 Å². The second-order valence-corrected chi connectivity index (χ2v) is 9.63. The Morgan fingerprint density at radius 3 is 2.52 bits per heavy atom. The van der Waals surface area contributed by atoms with Gasteiger partial charge in [0.05, 0.1) is 17.6 Å². The average Bonchev–Trinajstić information content (AvgIpc) is 3.10. The first kappa shape index (κ1) is 22.8. The lowest BCUT2D eigenvalue weighted by atomic mass is 10.2. The fourth-order valence-electron chi connectivity index (χ4n) is 3.61. The van der Waals surface area contributed by atoms with Gasteiger partial charge >= 0.3 is 0 Å². The van der Waals surface area contributed by atoms with Crippen molar-refractivity contribution in [3.63, 3.8) is 0 Å². The van der Waals surface area contributed by atoms with Crippen molar-refractivity contribution in [1.29, 1.82) is 0 Å². The minimum Gasteiger partial charge on any atom is -0.338 e. The van der Waals surface area contributed by atoms with Gasteiger partial charge in [-0.05, 0) is 42.3 Å². The Hall–Kier alpha value is -3.37. The maximum Gasteiger partial charge on any atom is 0.246 e. The zero-order valence-electron chi connectivity index (χ0n) is 17.9. The van der Waals surface area contributed by atoms with Crippen molar-refractivity contribution in [2.45, 2.75) is 17.9 Å². The van der Waals surface area contributed by atoms with Gasteiger partial charge in [-0.2, -0.15) is 4.31 Å². The number of benzene rings is 2. The van der Waals surface area contributed by atoms with Crippen LogP contribution in [0.5, 0.6) is 0 Å². The van der Waals surface area contributed by atoms with Gasteiger partial charge in [0.2, 0.25) is 15.9 Å². The van der Waals surface area contributed by atoms with Crippen LogP contribution in [-0.4, -0.2) is 64.7 Å². The van der Waals surface area contributed by atoms with Crippen LogP contribution < -0.4 is 0 Å². The quantitative estimate of drug-likeness (QED) is 0.518. The Morgan fingerprint density at radius 2 is 1.76 bits per heavy atom. The third kappa shape index (κ3) is 5.71. The zero-order valence-corrected chi connectivity index (χ0v) is 18.7. The normalized spacial score (nSPS) is 15.6. The summed E-state index contributed by atoms with van der Waals surface area (Å²) in [7, 11) is -3.74. The molecule has 0 saturated carbocycles. The van der Waals surface area contributed by atoms with Crippen molar-refractivity contribution in [3.05, 3.63) is 83.9 Å². The van der Waals surface area contributed by atoms with E-state index in [0.29, 0.717) is 31.7 Å². The Kier molecular flexibility index (Phi) is 6.95. The van der Waals surface area contributed by atoms with Crippen LogP contribution in [0.25, 0.3) is 6.08 Å². The molecule has 0 unspecified atom stereocenters. The van der Waals surface area contributed by atoms with Gasteiger partial charge in [0, 0.05) is 32.3 Å². The van der Waals surface area contributed by atoms with E-state index in [9.17, 15) is 17.6 Å². The highest BCUT2D eigenvalue weighted by Crippen LogP contribution is 2.18. The number of carbonyl (C=O) groups excluding carboxylic acids is 1. The van der Waals surface area contributed by atoms with Crippen LogP contribution in [0.2, 0.25) is 0 Å². The van der Waals surface area contributed by atoms with Gasteiger partial charge in [-0.25, -0.2) is 17.5 Å². The molecule has 8 nitrogen and oxygen atoms in total. The largest absolute Gasteiger partial charge is 0.338 e. The lowest BCUT2D eigenvalue weighted by molar-refractivity contribution is -0.125. The first-order valence-electron chi connectivity index (χ1n) is 10.6. The van der Waals surface area contributed by atoms with E-state index in [1.54, 1.807) is 21.9 Å². The highest BCUT2D eigenvalue weighted by Gasteiger charge is 2.27. The monoisotopic (exact) mass is 469 g/mol. The Bertz CT molecular complexity index is 1230. The molecule has 1 amide bonds. The summed E-state index contributed by atoms with van der Waals surface area (Å²) in [5.74, 6) is -0.706. The molecule has 1 aromatic heterocycles. The third-order valence-corrected chi connectivity index (χ3v) is 7.27. The maximum atomic E-state index is 13.1. The summed E-state index contributed by atoms with van der Waals surface area (Å²) in [4.78, 5) is 14.3. The van der Waals surface area contributed by atoms with Crippen molar-refractivity contribution in [2.24, 2.45) is 0 Å². The number of hydrogen-bond donors (Lipinski definition) is 0. The van der Waals surface area contributed by atoms with E-state index in [1.807, 2.05) is 30.3 Å². The molecule has 1 saturated heterocycles. The van der Waals surface area contributed by atoms with Crippen molar-refractivity contribution in [2.75, 3.05) is 26.2 Å². The second-order valence-electron chi connectivity index (χ2n) is 7.70. The lowest BCUT2D eigenvalue weighted by Crippen LogP contribution is -2.36. The van der Waals surface area contributed by atoms with E-state index < -0.39 is 15.8 Å². The first-order chi connectivity index (χ1) is 15.9. The highest BCUT2D eigenvalue weighted by atomic mass is 32.2. The van der Waals surface area contributed by atoms with Gasteiger partial charge in [0.1, 0.15) is 11.5 Å². The summed E-state index contributed by atoms with van der Waals surface area (Å²) in [6, 6.07) is 14.6. The van der Waals surface area contributed by atoms with E-state index >= 15 is 0 Å². The standard InChI is InChI=1S/C23H24FN5O3S/c24-20-7-10-22(11-8-20)33(31,32)29-14-4-13-27(15-16-29)23(30)12-9-21-18-28(26-25-21)17-19-5-2-1-3-6-19/h1-3,5-12,18H,4,13-17H2/b12-9+. The van der Waals surface area contributed by atoms with E-state index in [1.165, 1.54) is 22.5 Å². The van der Waals surface area contributed by atoms with Crippen molar-refractivity contribution < 1.29 is 17.6 Å². The van der Waals surface area contributed by atoms with Gasteiger partial charge in [-0.3, -0.25) is 4.79 Å². The molecule has 3 aromatic rings. The van der Waals surface area contributed by atoms with Crippen molar-refractivity contribution >= 4 is 22.0 Å². The van der Waals surface area contributed by atoms with Gasteiger partial charge < -0.3 is 4.90 Å². The lowest BCUT2D eigenvalue weighted by Gasteiger charge is -2.21. The number of hydrogen-bond acceptors (Lipinski definition) is 5. The summed E-state index contributed by atoms with van der Waals surface area (Å²) in [6.07, 6.45) is 5.30. The Morgan fingerprint density at radius 1 is 1.00 bits per heavy atom. The molecule has 0 bridgehead atoms. The molecule has 2 aromatic carbocycles.